The zero-order valence-electron chi connectivity index (χ0n) is 21.1. The first kappa shape index (κ1) is 27.7. The molecule has 1 unspecified atom stereocenters. The second kappa shape index (κ2) is 12.9. The monoisotopic (exact) mass is 560 g/mol. The van der Waals surface area contributed by atoms with Crippen molar-refractivity contribution in [3.05, 3.63) is 113 Å². The fraction of sp³-hybridized carbons (Fsp3) is 0.103. The maximum Gasteiger partial charge on any atom is 0.272 e. The Kier molecular flexibility index (Phi) is 9.19. The Balaban J connectivity index is 1.43. The number of amides is 3. The number of benzene rings is 3. The first-order valence-electron chi connectivity index (χ1n) is 11.9. The van der Waals surface area contributed by atoms with Crippen LogP contribution >= 0.6 is 23.4 Å². The van der Waals surface area contributed by atoms with Crippen LogP contribution in [0, 0.1) is 6.92 Å². The summed E-state index contributed by atoms with van der Waals surface area (Å²) in [6.45, 7) is 3.53. The molecule has 0 fully saturated rings. The summed E-state index contributed by atoms with van der Waals surface area (Å²) in [6, 6.07) is 24.2. The van der Waals surface area contributed by atoms with Crippen LogP contribution in [0.15, 0.2) is 100 Å². The summed E-state index contributed by atoms with van der Waals surface area (Å²) < 4.78 is 4.97. The van der Waals surface area contributed by atoms with E-state index in [0.717, 1.165) is 4.90 Å². The molecule has 1 aromatic heterocycles. The van der Waals surface area contributed by atoms with E-state index in [9.17, 15) is 14.4 Å². The summed E-state index contributed by atoms with van der Waals surface area (Å²) in [7, 11) is 0. The van der Waals surface area contributed by atoms with Crippen LogP contribution in [-0.2, 0) is 9.59 Å². The molecule has 1 atom stereocenters. The number of aromatic nitrogens is 1. The standard InChI is InChI=1S/C29H25ClN4O4S/c1-18-16-26(34-38-18)33-27(35)19(2)39-24-14-12-23(13-15-24)31-29(37)25(17-20-8-10-22(30)11-9-20)32-28(36)21-6-4-3-5-7-21/h3-17,19H,1-2H3,(H,31,37)(H,32,36)(H,33,34,35). The number of hydrogen-bond donors (Lipinski definition) is 3. The van der Waals surface area contributed by atoms with E-state index in [1.165, 1.54) is 11.8 Å². The van der Waals surface area contributed by atoms with Crippen molar-refractivity contribution in [3.63, 3.8) is 0 Å². The van der Waals surface area contributed by atoms with Crippen molar-refractivity contribution in [3.8, 4) is 0 Å². The molecule has 10 heteroatoms. The lowest BCUT2D eigenvalue weighted by Gasteiger charge is -2.13. The van der Waals surface area contributed by atoms with Gasteiger partial charge in [-0.05, 0) is 74.0 Å². The average Bonchev–Trinajstić information content (AvgIpc) is 3.35. The van der Waals surface area contributed by atoms with Crippen LogP contribution in [0.4, 0.5) is 11.5 Å². The molecule has 0 saturated heterocycles. The minimum atomic E-state index is -0.495. The van der Waals surface area contributed by atoms with Crippen LogP contribution in [-0.4, -0.2) is 28.1 Å². The molecule has 0 aliphatic rings. The number of carbonyl (C=O) groups excluding carboxylic acids is 3. The zero-order chi connectivity index (χ0) is 27.8. The molecule has 1 heterocycles. The number of hydrogen-bond acceptors (Lipinski definition) is 6. The van der Waals surface area contributed by atoms with E-state index >= 15 is 0 Å². The van der Waals surface area contributed by atoms with E-state index in [4.69, 9.17) is 16.1 Å². The average molecular weight is 561 g/mol. The van der Waals surface area contributed by atoms with E-state index in [2.05, 4.69) is 21.1 Å². The second-order valence-electron chi connectivity index (χ2n) is 8.48. The molecule has 3 amide bonds. The van der Waals surface area contributed by atoms with Crippen LogP contribution in [0.25, 0.3) is 6.08 Å². The number of carbonyl (C=O) groups is 3. The molecule has 4 aromatic rings. The SMILES string of the molecule is Cc1cc(NC(=O)C(C)Sc2ccc(NC(=O)C(=Cc3ccc(Cl)cc3)NC(=O)c3ccccc3)cc2)no1. The van der Waals surface area contributed by atoms with Crippen molar-refractivity contribution in [2.75, 3.05) is 10.6 Å². The van der Waals surface area contributed by atoms with E-state index < -0.39 is 17.1 Å². The number of anilines is 2. The molecule has 0 aliphatic carbocycles. The Hall–Kier alpha value is -4.34. The molecular formula is C29H25ClN4O4S. The molecule has 3 aromatic carbocycles. The molecule has 3 N–H and O–H groups in total. The second-order valence-corrected chi connectivity index (χ2v) is 10.3. The molecule has 0 bridgehead atoms. The normalized spacial score (nSPS) is 11.9. The highest BCUT2D eigenvalue weighted by molar-refractivity contribution is 8.00. The van der Waals surface area contributed by atoms with Gasteiger partial charge in [-0.15, -0.1) is 11.8 Å². The first-order valence-corrected chi connectivity index (χ1v) is 13.2. The van der Waals surface area contributed by atoms with E-state index in [1.54, 1.807) is 105 Å². The van der Waals surface area contributed by atoms with Crippen molar-refractivity contribution < 1.29 is 18.9 Å². The van der Waals surface area contributed by atoms with Crippen molar-refractivity contribution in [2.45, 2.75) is 24.0 Å². The maximum absolute atomic E-state index is 13.2. The summed E-state index contributed by atoms with van der Waals surface area (Å²) >= 11 is 7.34. The van der Waals surface area contributed by atoms with Gasteiger partial charge in [0.1, 0.15) is 11.5 Å². The smallest absolute Gasteiger partial charge is 0.272 e. The van der Waals surface area contributed by atoms with Gasteiger partial charge in [0.25, 0.3) is 11.8 Å². The highest BCUT2D eigenvalue weighted by atomic mass is 35.5. The fourth-order valence-electron chi connectivity index (χ4n) is 3.39. The molecule has 0 aliphatic heterocycles. The van der Waals surface area contributed by atoms with Crippen molar-refractivity contribution in [1.29, 1.82) is 0 Å². The van der Waals surface area contributed by atoms with E-state index in [-0.39, 0.29) is 11.6 Å². The molecule has 4 rings (SSSR count). The van der Waals surface area contributed by atoms with Crippen molar-refractivity contribution >= 4 is 58.7 Å². The number of nitrogens with zero attached hydrogens (tertiary/aromatic N) is 1. The van der Waals surface area contributed by atoms with Crippen LogP contribution in [0.5, 0.6) is 0 Å². The predicted molar refractivity (Wildman–Crippen MR) is 154 cm³/mol. The third-order valence-corrected chi connectivity index (χ3v) is 6.75. The molecule has 0 spiro atoms. The maximum atomic E-state index is 13.2. The third-order valence-electron chi connectivity index (χ3n) is 5.38. The summed E-state index contributed by atoms with van der Waals surface area (Å²) in [5.74, 6) is -0.147. The number of thioether (sulfide) groups is 1. The van der Waals surface area contributed by atoms with E-state index in [1.807, 2.05) is 0 Å². The highest BCUT2D eigenvalue weighted by Gasteiger charge is 2.17. The highest BCUT2D eigenvalue weighted by Crippen LogP contribution is 2.26. The Labute approximate surface area is 234 Å². The van der Waals surface area contributed by atoms with Gasteiger partial charge in [-0.1, -0.05) is 47.1 Å². The number of aryl methyl sites for hydroxylation is 1. The Morgan fingerprint density at radius 1 is 0.949 bits per heavy atom. The van der Waals surface area contributed by atoms with Gasteiger partial charge in [0.15, 0.2) is 5.82 Å². The zero-order valence-corrected chi connectivity index (χ0v) is 22.7. The lowest BCUT2D eigenvalue weighted by Crippen LogP contribution is -2.30. The summed E-state index contributed by atoms with van der Waals surface area (Å²) in [5.41, 5.74) is 1.71. The molecule has 198 valence electrons. The quantitative estimate of drug-likeness (QED) is 0.167. The molecule has 0 saturated carbocycles. The van der Waals surface area contributed by atoms with Gasteiger partial charge >= 0.3 is 0 Å². The largest absolute Gasteiger partial charge is 0.360 e. The summed E-state index contributed by atoms with van der Waals surface area (Å²) in [5, 5.41) is 12.2. The molecule has 0 radical (unpaired) electrons. The Morgan fingerprint density at radius 2 is 1.64 bits per heavy atom. The Bertz CT molecular complexity index is 1490. The number of halogens is 1. The van der Waals surface area contributed by atoms with Gasteiger partial charge in [-0.2, -0.15) is 0 Å². The molecular weight excluding hydrogens is 536 g/mol. The van der Waals surface area contributed by atoms with Gasteiger partial charge in [0.2, 0.25) is 5.91 Å². The van der Waals surface area contributed by atoms with Crippen LogP contribution in [0.3, 0.4) is 0 Å². The van der Waals surface area contributed by atoms with Gasteiger partial charge in [0, 0.05) is 27.2 Å². The fourth-order valence-corrected chi connectivity index (χ4v) is 4.39. The van der Waals surface area contributed by atoms with Crippen LogP contribution < -0.4 is 16.0 Å². The lowest BCUT2D eigenvalue weighted by atomic mass is 10.1. The van der Waals surface area contributed by atoms with Crippen molar-refractivity contribution in [1.82, 2.24) is 10.5 Å². The Morgan fingerprint density at radius 3 is 2.28 bits per heavy atom. The summed E-state index contributed by atoms with van der Waals surface area (Å²) in [6.07, 6.45) is 1.58. The van der Waals surface area contributed by atoms with Gasteiger partial charge < -0.3 is 20.5 Å². The van der Waals surface area contributed by atoms with E-state index in [0.29, 0.717) is 33.4 Å². The van der Waals surface area contributed by atoms with Gasteiger partial charge in [-0.3, -0.25) is 14.4 Å². The third kappa shape index (κ3) is 8.07. The predicted octanol–water partition coefficient (Wildman–Crippen LogP) is 6.17. The number of rotatable bonds is 9. The van der Waals surface area contributed by atoms with Crippen molar-refractivity contribution in [2.24, 2.45) is 0 Å². The van der Waals surface area contributed by atoms with Gasteiger partial charge in [-0.25, -0.2) is 0 Å². The number of nitrogens with one attached hydrogen (secondary N) is 3. The minimum absolute atomic E-state index is 0.0676. The lowest BCUT2D eigenvalue weighted by molar-refractivity contribution is -0.115. The topological polar surface area (TPSA) is 113 Å². The first-order chi connectivity index (χ1) is 18.8. The molecule has 8 nitrogen and oxygen atoms in total. The molecule has 39 heavy (non-hydrogen) atoms. The van der Waals surface area contributed by atoms with Gasteiger partial charge in [0.05, 0.1) is 5.25 Å². The summed E-state index contributed by atoms with van der Waals surface area (Å²) in [4.78, 5) is 39.3. The minimum Gasteiger partial charge on any atom is -0.360 e. The van der Waals surface area contributed by atoms with Crippen LogP contribution in [0.2, 0.25) is 5.02 Å². The van der Waals surface area contributed by atoms with Crippen LogP contribution in [0.1, 0.15) is 28.6 Å².